The third kappa shape index (κ3) is 10.1. The van der Waals surface area contributed by atoms with Gasteiger partial charge in [0, 0.05) is 0 Å². The third-order valence-corrected chi connectivity index (χ3v) is 16.8. The standard InChI is InChI=1S/C20H44IP/c1-5-9-13-15-19-22(21,17-11-7-3,18-12-8-4)20-16-14-10-6-2/h5-20H2,1-4H3. The van der Waals surface area contributed by atoms with E-state index in [0.29, 0.717) is 0 Å². The van der Waals surface area contributed by atoms with Crippen molar-refractivity contribution in [3.05, 3.63) is 0 Å². The molecule has 0 aliphatic carbocycles. The van der Waals surface area contributed by atoms with Gasteiger partial charge in [-0.3, -0.25) is 0 Å². The summed E-state index contributed by atoms with van der Waals surface area (Å²) in [6, 6.07) is 0. The van der Waals surface area contributed by atoms with Crippen LogP contribution in [0.4, 0.5) is 0 Å². The van der Waals surface area contributed by atoms with Crippen molar-refractivity contribution in [2.75, 3.05) is 24.6 Å². The molecule has 0 rings (SSSR count). The van der Waals surface area contributed by atoms with Gasteiger partial charge in [-0.15, -0.1) is 0 Å². The zero-order valence-electron chi connectivity index (χ0n) is 16.1. The molecular weight excluding hydrogens is 398 g/mol. The Morgan fingerprint density at radius 3 is 1.09 bits per heavy atom. The molecule has 0 amide bonds. The molecule has 0 nitrogen and oxygen atoms in total. The van der Waals surface area contributed by atoms with Gasteiger partial charge in [0.05, 0.1) is 0 Å². The van der Waals surface area contributed by atoms with Gasteiger partial charge in [0.25, 0.3) is 0 Å². The van der Waals surface area contributed by atoms with Gasteiger partial charge >= 0.3 is 156 Å². The molecule has 22 heavy (non-hydrogen) atoms. The van der Waals surface area contributed by atoms with Crippen LogP contribution in [0, 0.1) is 0 Å². The van der Waals surface area contributed by atoms with Crippen LogP contribution >= 0.6 is 26.3 Å². The molecule has 0 aromatic carbocycles. The number of hydrogen-bond donors (Lipinski definition) is 0. The van der Waals surface area contributed by atoms with Crippen molar-refractivity contribution in [2.24, 2.45) is 0 Å². The summed E-state index contributed by atoms with van der Waals surface area (Å²) in [5.74, 6) is 0. The van der Waals surface area contributed by atoms with E-state index in [1.54, 1.807) is 24.6 Å². The Hall–Kier alpha value is 1.16. The van der Waals surface area contributed by atoms with Gasteiger partial charge in [-0.25, -0.2) is 0 Å². The molecule has 2 heteroatoms. The molecule has 0 spiro atoms. The van der Waals surface area contributed by atoms with Crippen LogP contribution in [0.1, 0.15) is 105 Å². The van der Waals surface area contributed by atoms with Crippen LogP contribution in [0.25, 0.3) is 0 Å². The molecule has 0 radical (unpaired) electrons. The van der Waals surface area contributed by atoms with Gasteiger partial charge in [-0.2, -0.15) is 0 Å². The molecule has 0 aromatic heterocycles. The Morgan fingerprint density at radius 2 is 0.773 bits per heavy atom. The molecule has 0 saturated carbocycles. The van der Waals surface area contributed by atoms with E-state index < -0.39 is 4.25 Å². The molecule has 0 aliphatic rings. The number of hydrogen-bond acceptors (Lipinski definition) is 0. The summed E-state index contributed by atoms with van der Waals surface area (Å²) in [7, 11) is 0. The SMILES string of the molecule is CCCCCCP(I)(CCCC)(CCCC)CCCCCC. The van der Waals surface area contributed by atoms with E-state index in [2.05, 4.69) is 49.7 Å². The maximum absolute atomic E-state index is 3.09. The van der Waals surface area contributed by atoms with Crippen molar-refractivity contribution < 1.29 is 0 Å². The first-order chi connectivity index (χ1) is 10.5. The molecule has 0 aromatic rings. The Balaban J connectivity index is 4.79. The fourth-order valence-electron chi connectivity index (χ4n) is 3.64. The predicted molar refractivity (Wildman–Crippen MR) is 119 cm³/mol. The average molecular weight is 442 g/mol. The zero-order chi connectivity index (χ0) is 16.8. The Morgan fingerprint density at radius 1 is 0.455 bits per heavy atom. The van der Waals surface area contributed by atoms with Crippen LogP contribution in [0.2, 0.25) is 0 Å². The number of rotatable bonds is 16. The predicted octanol–water partition coefficient (Wildman–Crippen LogP) is 8.65. The first-order valence-corrected chi connectivity index (χ1v) is 16.0. The molecule has 0 aliphatic heterocycles. The van der Waals surface area contributed by atoms with Crippen molar-refractivity contribution in [3.8, 4) is 0 Å². The van der Waals surface area contributed by atoms with Crippen LogP contribution in [-0.4, -0.2) is 24.6 Å². The Labute approximate surface area is 155 Å². The van der Waals surface area contributed by atoms with E-state index in [0.717, 1.165) is 0 Å². The minimum absolute atomic E-state index is 1.37. The molecule has 136 valence electrons. The third-order valence-electron chi connectivity index (χ3n) is 5.28. The fourth-order valence-corrected chi connectivity index (χ4v) is 13.3. The number of unbranched alkanes of at least 4 members (excludes halogenated alkanes) is 8. The molecule has 0 heterocycles. The second-order valence-corrected chi connectivity index (χ2v) is 21.2. The van der Waals surface area contributed by atoms with Crippen molar-refractivity contribution in [1.82, 2.24) is 0 Å². The quantitative estimate of drug-likeness (QED) is 0.127. The Kier molecular flexibility index (Phi) is 14.2. The summed E-state index contributed by atoms with van der Waals surface area (Å²) in [5, 5.41) is 0. The average Bonchev–Trinajstić information content (AvgIpc) is 2.53. The summed E-state index contributed by atoms with van der Waals surface area (Å²) < 4.78 is -1.45. The van der Waals surface area contributed by atoms with Gasteiger partial charge in [-0.05, 0) is 0 Å². The van der Waals surface area contributed by atoms with Crippen molar-refractivity contribution in [1.29, 1.82) is 0 Å². The van der Waals surface area contributed by atoms with Crippen LogP contribution in [0.3, 0.4) is 0 Å². The Bertz CT molecular complexity index is 228. The fraction of sp³-hybridized carbons (Fsp3) is 1.00. The van der Waals surface area contributed by atoms with Crippen molar-refractivity contribution >= 4 is 26.3 Å². The van der Waals surface area contributed by atoms with E-state index in [1.165, 1.54) is 77.0 Å². The molecule has 0 N–H and O–H groups in total. The summed E-state index contributed by atoms with van der Waals surface area (Å²) >= 11 is 3.09. The second-order valence-electron chi connectivity index (χ2n) is 7.54. The van der Waals surface area contributed by atoms with Gasteiger partial charge in [0.15, 0.2) is 0 Å². The summed E-state index contributed by atoms with van der Waals surface area (Å²) in [4.78, 5) is 0. The van der Waals surface area contributed by atoms with Crippen molar-refractivity contribution in [2.45, 2.75) is 105 Å². The monoisotopic (exact) mass is 442 g/mol. The van der Waals surface area contributed by atoms with Gasteiger partial charge < -0.3 is 0 Å². The van der Waals surface area contributed by atoms with E-state index >= 15 is 0 Å². The first kappa shape index (κ1) is 23.2. The first-order valence-electron chi connectivity index (χ1n) is 10.3. The molecular formula is C20H44IP. The topological polar surface area (TPSA) is 0 Å². The van der Waals surface area contributed by atoms with E-state index in [9.17, 15) is 0 Å². The summed E-state index contributed by atoms with van der Waals surface area (Å²) in [5.41, 5.74) is 0. The number of halogens is 1. The molecule has 0 saturated heterocycles. The van der Waals surface area contributed by atoms with Gasteiger partial charge in [0.2, 0.25) is 0 Å². The molecule has 0 unspecified atom stereocenters. The van der Waals surface area contributed by atoms with Crippen LogP contribution < -0.4 is 0 Å². The van der Waals surface area contributed by atoms with E-state index in [4.69, 9.17) is 0 Å². The molecule has 0 fully saturated rings. The van der Waals surface area contributed by atoms with Crippen molar-refractivity contribution in [3.63, 3.8) is 0 Å². The molecule has 0 bridgehead atoms. The van der Waals surface area contributed by atoms with Crippen LogP contribution in [0.15, 0.2) is 0 Å². The zero-order valence-corrected chi connectivity index (χ0v) is 19.2. The van der Waals surface area contributed by atoms with Gasteiger partial charge in [-0.1, -0.05) is 0 Å². The van der Waals surface area contributed by atoms with E-state index in [1.807, 2.05) is 0 Å². The summed E-state index contributed by atoms with van der Waals surface area (Å²) in [6.45, 7) is 9.43. The summed E-state index contributed by atoms with van der Waals surface area (Å²) in [6.07, 6.45) is 23.7. The molecule has 0 atom stereocenters. The maximum atomic E-state index is 3.09. The minimum atomic E-state index is -1.45. The second kappa shape index (κ2) is 13.5. The van der Waals surface area contributed by atoms with Gasteiger partial charge in [0.1, 0.15) is 0 Å². The normalized spacial score (nSPS) is 14.0. The van der Waals surface area contributed by atoms with Crippen LogP contribution in [0.5, 0.6) is 0 Å². The van der Waals surface area contributed by atoms with E-state index in [-0.39, 0.29) is 0 Å². The van der Waals surface area contributed by atoms with Crippen LogP contribution in [-0.2, 0) is 0 Å².